The molecule has 0 saturated heterocycles. The number of rotatable bonds is 7. The Balaban J connectivity index is 2.66. The molecule has 1 rings (SSSR count). The molecule has 1 heterocycles. The van der Waals surface area contributed by atoms with Crippen molar-refractivity contribution in [3.05, 3.63) is 0 Å². The molecule has 0 spiro atoms. The second-order valence-corrected chi connectivity index (χ2v) is 6.89. The van der Waals surface area contributed by atoms with Crippen molar-refractivity contribution in [2.24, 2.45) is 0 Å². The lowest BCUT2D eigenvalue weighted by Gasteiger charge is -2.09. The summed E-state index contributed by atoms with van der Waals surface area (Å²) in [5.74, 6) is -0.235. The lowest BCUT2D eigenvalue weighted by Crippen LogP contribution is -2.31. The van der Waals surface area contributed by atoms with Crippen molar-refractivity contribution < 1.29 is 13.2 Å². The van der Waals surface area contributed by atoms with Crippen LogP contribution in [0.15, 0.2) is 4.34 Å². The van der Waals surface area contributed by atoms with Crippen LogP contribution < -0.4 is 10.0 Å². The number of anilines is 1. The first-order chi connectivity index (χ1) is 8.85. The number of sulfonamides is 1. The van der Waals surface area contributed by atoms with Gasteiger partial charge in [0.25, 0.3) is 10.0 Å². The van der Waals surface area contributed by atoms with Gasteiger partial charge in [0.15, 0.2) is 0 Å². The van der Waals surface area contributed by atoms with Crippen LogP contribution in [0.5, 0.6) is 0 Å². The molecule has 0 unspecified atom stereocenters. The van der Waals surface area contributed by atoms with Gasteiger partial charge in [0.1, 0.15) is 0 Å². The van der Waals surface area contributed by atoms with E-state index in [1.54, 1.807) is 6.92 Å². The standard InChI is InChI=1S/C9H17N5O3S2/c1-4-7(15)11-8-12-13-9(18-8)19(16,17)10-5-6-14(2)3/h10H,4-6H2,1-3H3,(H,11,12,15). The minimum Gasteiger partial charge on any atom is -0.308 e. The molecule has 108 valence electrons. The van der Waals surface area contributed by atoms with E-state index in [0.29, 0.717) is 13.0 Å². The van der Waals surface area contributed by atoms with Gasteiger partial charge in [-0.1, -0.05) is 18.3 Å². The largest absolute Gasteiger partial charge is 0.308 e. The molecular weight excluding hydrogens is 290 g/mol. The Morgan fingerprint density at radius 3 is 2.63 bits per heavy atom. The van der Waals surface area contributed by atoms with Crippen LogP contribution in [0.4, 0.5) is 5.13 Å². The lowest BCUT2D eigenvalue weighted by atomic mass is 10.5. The van der Waals surface area contributed by atoms with E-state index < -0.39 is 10.0 Å². The maximum absolute atomic E-state index is 11.8. The smallest absolute Gasteiger partial charge is 0.269 e. The van der Waals surface area contributed by atoms with E-state index in [4.69, 9.17) is 0 Å². The summed E-state index contributed by atoms with van der Waals surface area (Å²) < 4.78 is 26.0. The highest BCUT2D eigenvalue weighted by Crippen LogP contribution is 2.19. The van der Waals surface area contributed by atoms with E-state index in [-0.39, 0.29) is 21.9 Å². The molecule has 0 aromatic carbocycles. The van der Waals surface area contributed by atoms with Gasteiger partial charge in [0.2, 0.25) is 15.4 Å². The zero-order chi connectivity index (χ0) is 14.5. The normalized spacial score (nSPS) is 11.8. The fourth-order valence-corrected chi connectivity index (χ4v) is 3.02. The Morgan fingerprint density at radius 2 is 2.05 bits per heavy atom. The molecule has 1 aromatic heterocycles. The summed E-state index contributed by atoms with van der Waals surface area (Å²) in [5.41, 5.74) is 0. The third-order valence-corrected chi connectivity index (χ3v) is 4.72. The molecule has 0 fully saturated rings. The van der Waals surface area contributed by atoms with Gasteiger partial charge in [0.05, 0.1) is 0 Å². The van der Waals surface area contributed by atoms with Crippen molar-refractivity contribution in [1.82, 2.24) is 19.8 Å². The van der Waals surface area contributed by atoms with Gasteiger partial charge < -0.3 is 10.2 Å². The van der Waals surface area contributed by atoms with Crippen LogP contribution in [0.2, 0.25) is 0 Å². The highest BCUT2D eigenvalue weighted by molar-refractivity contribution is 7.91. The molecule has 8 nitrogen and oxygen atoms in total. The summed E-state index contributed by atoms with van der Waals surface area (Å²) >= 11 is 0.824. The van der Waals surface area contributed by atoms with Crippen molar-refractivity contribution in [3.63, 3.8) is 0 Å². The Kier molecular flexibility index (Phi) is 5.79. The minimum atomic E-state index is -3.66. The van der Waals surface area contributed by atoms with Crippen molar-refractivity contribution in [1.29, 1.82) is 0 Å². The molecule has 0 saturated carbocycles. The molecule has 19 heavy (non-hydrogen) atoms. The maximum atomic E-state index is 11.8. The van der Waals surface area contributed by atoms with E-state index in [0.717, 1.165) is 11.3 Å². The number of hydrogen-bond donors (Lipinski definition) is 2. The fourth-order valence-electron chi connectivity index (χ4n) is 1.04. The van der Waals surface area contributed by atoms with Gasteiger partial charge in [-0.2, -0.15) is 0 Å². The van der Waals surface area contributed by atoms with Crippen molar-refractivity contribution in [2.75, 3.05) is 32.5 Å². The van der Waals surface area contributed by atoms with Gasteiger partial charge in [-0.25, -0.2) is 13.1 Å². The predicted molar refractivity (Wildman–Crippen MR) is 72.6 cm³/mol. The second-order valence-electron chi connectivity index (χ2n) is 3.98. The monoisotopic (exact) mass is 307 g/mol. The Hall–Kier alpha value is -1.10. The number of nitrogens with zero attached hydrogens (tertiary/aromatic N) is 3. The highest BCUT2D eigenvalue weighted by atomic mass is 32.2. The van der Waals surface area contributed by atoms with Crippen LogP contribution in [-0.4, -0.2) is 56.6 Å². The molecule has 2 N–H and O–H groups in total. The predicted octanol–water partition coefficient (Wildman–Crippen LogP) is -0.274. The fraction of sp³-hybridized carbons (Fsp3) is 0.667. The zero-order valence-electron chi connectivity index (χ0n) is 11.0. The Bertz CT molecular complexity index is 526. The van der Waals surface area contributed by atoms with Crippen LogP contribution in [0.25, 0.3) is 0 Å². The Labute approximate surface area is 116 Å². The van der Waals surface area contributed by atoms with Crippen molar-refractivity contribution in [2.45, 2.75) is 17.7 Å². The number of carbonyl (C=O) groups is 1. The van der Waals surface area contributed by atoms with E-state index >= 15 is 0 Å². The highest BCUT2D eigenvalue weighted by Gasteiger charge is 2.20. The van der Waals surface area contributed by atoms with Crippen LogP contribution >= 0.6 is 11.3 Å². The van der Waals surface area contributed by atoms with Crippen LogP contribution in [0.1, 0.15) is 13.3 Å². The molecule has 1 aromatic rings. The van der Waals surface area contributed by atoms with E-state index in [2.05, 4.69) is 20.2 Å². The number of aromatic nitrogens is 2. The summed E-state index contributed by atoms with van der Waals surface area (Å²) in [6, 6.07) is 0. The first kappa shape index (κ1) is 16.0. The van der Waals surface area contributed by atoms with E-state index in [1.165, 1.54) is 0 Å². The van der Waals surface area contributed by atoms with Gasteiger partial charge in [-0.05, 0) is 14.1 Å². The lowest BCUT2D eigenvalue weighted by molar-refractivity contribution is -0.115. The Morgan fingerprint density at radius 1 is 1.37 bits per heavy atom. The first-order valence-corrected chi connectivity index (χ1v) is 7.93. The molecule has 1 amide bonds. The van der Waals surface area contributed by atoms with Gasteiger partial charge in [-0.15, -0.1) is 10.2 Å². The summed E-state index contributed by atoms with van der Waals surface area (Å²) in [4.78, 5) is 13.0. The van der Waals surface area contributed by atoms with E-state index in [9.17, 15) is 13.2 Å². The van der Waals surface area contributed by atoms with Gasteiger partial charge in [-0.3, -0.25) is 4.79 Å². The third kappa shape index (κ3) is 5.19. The van der Waals surface area contributed by atoms with Gasteiger partial charge >= 0.3 is 0 Å². The molecule has 0 atom stereocenters. The molecule has 0 aliphatic heterocycles. The average molecular weight is 307 g/mol. The quantitative estimate of drug-likeness (QED) is 0.672. The average Bonchev–Trinajstić information content (AvgIpc) is 2.77. The summed E-state index contributed by atoms with van der Waals surface area (Å²) in [5, 5.41) is 9.83. The second kappa shape index (κ2) is 6.89. The molecule has 0 aliphatic rings. The molecular formula is C9H17N5O3S2. The van der Waals surface area contributed by atoms with Crippen LogP contribution in [0.3, 0.4) is 0 Å². The minimum absolute atomic E-state index is 0.155. The summed E-state index contributed by atoms with van der Waals surface area (Å²) in [6.45, 7) is 2.56. The van der Waals surface area contributed by atoms with Crippen molar-refractivity contribution >= 4 is 32.4 Å². The SMILES string of the molecule is CCC(=O)Nc1nnc(S(=O)(=O)NCCN(C)C)s1. The molecule has 0 aliphatic carbocycles. The first-order valence-electron chi connectivity index (χ1n) is 5.63. The summed E-state index contributed by atoms with van der Waals surface area (Å²) in [7, 11) is 0.0291. The molecule has 10 heteroatoms. The number of likely N-dealkylation sites (N-methyl/N-ethyl adjacent to an activating group) is 1. The summed E-state index contributed by atoms with van der Waals surface area (Å²) in [6.07, 6.45) is 0.294. The third-order valence-electron chi connectivity index (χ3n) is 2.05. The van der Waals surface area contributed by atoms with Crippen LogP contribution in [0, 0.1) is 0 Å². The number of hydrogen-bond acceptors (Lipinski definition) is 7. The maximum Gasteiger partial charge on any atom is 0.269 e. The van der Waals surface area contributed by atoms with Crippen LogP contribution in [-0.2, 0) is 14.8 Å². The zero-order valence-corrected chi connectivity index (χ0v) is 12.6. The number of carbonyl (C=O) groups excluding carboxylic acids is 1. The van der Waals surface area contributed by atoms with E-state index in [1.807, 2.05) is 19.0 Å². The van der Waals surface area contributed by atoms with Gasteiger partial charge in [0, 0.05) is 19.5 Å². The van der Waals surface area contributed by atoms with Crippen molar-refractivity contribution in [3.8, 4) is 0 Å². The molecule has 0 bridgehead atoms. The number of amides is 1. The molecule has 0 radical (unpaired) electrons. The number of nitrogens with one attached hydrogen (secondary N) is 2. The topological polar surface area (TPSA) is 104 Å².